The predicted octanol–water partition coefficient (Wildman–Crippen LogP) is 2.48. The molecule has 1 aromatic carbocycles. The molecule has 0 aliphatic rings. The summed E-state index contributed by atoms with van der Waals surface area (Å²) in [5, 5.41) is 0. The van der Waals surface area contributed by atoms with Crippen molar-refractivity contribution < 1.29 is 4.79 Å². The molecule has 0 aliphatic heterocycles. The van der Waals surface area contributed by atoms with E-state index in [1.165, 1.54) is 0 Å². The van der Waals surface area contributed by atoms with Crippen molar-refractivity contribution in [1.82, 2.24) is 0 Å². The van der Waals surface area contributed by atoms with Gasteiger partial charge in [0, 0.05) is 23.4 Å². The van der Waals surface area contributed by atoms with Crippen LogP contribution in [-0.2, 0) is 0 Å². The van der Waals surface area contributed by atoms with Crippen LogP contribution in [0.1, 0.15) is 22.3 Å². The van der Waals surface area contributed by atoms with E-state index in [0.29, 0.717) is 17.9 Å². The van der Waals surface area contributed by atoms with Gasteiger partial charge in [0.15, 0.2) is 0 Å². The molecule has 0 unspecified atom stereocenters. The predicted molar refractivity (Wildman–Crippen MR) is 54.0 cm³/mol. The molecule has 66 valence electrons. The summed E-state index contributed by atoms with van der Waals surface area (Å²) in [6.45, 7) is 0. The van der Waals surface area contributed by atoms with Crippen molar-refractivity contribution in [3.8, 4) is 11.8 Å². The Labute approximate surface area is 82.7 Å². The van der Waals surface area contributed by atoms with Crippen molar-refractivity contribution in [2.24, 2.45) is 0 Å². The van der Waals surface area contributed by atoms with Crippen LogP contribution >= 0.6 is 11.6 Å². The lowest BCUT2D eigenvalue weighted by Gasteiger charge is -1.90. The Morgan fingerprint density at radius 2 is 2.00 bits per heavy atom. The van der Waals surface area contributed by atoms with Crippen molar-refractivity contribution in [3.63, 3.8) is 0 Å². The zero-order valence-electron chi connectivity index (χ0n) is 7.09. The van der Waals surface area contributed by atoms with Crippen LogP contribution in [0.3, 0.4) is 0 Å². The van der Waals surface area contributed by atoms with Gasteiger partial charge in [-0.25, -0.2) is 0 Å². The van der Waals surface area contributed by atoms with Crippen LogP contribution in [-0.4, -0.2) is 12.2 Å². The monoisotopic (exact) mass is 192 g/mol. The number of hydrogen-bond donors (Lipinski definition) is 0. The lowest BCUT2D eigenvalue weighted by atomic mass is 10.1. The molecule has 13 heavy (non-hydrogen) atoms. The maximum atomic E-state index is 10.3. The van der Waals surface area contributed by atoms with E-state index in [4.69, 9.17) is 11.6 Å². The number of carbonyl (C=O) groups excluding carboxylic acids is 1. The number of alkyl halides is 1. The molecule has 0 amide bonds. The number of aldehydes is 1. The molecular weight excluding hydrogens is 184 g/mol. The Morgan fingerprint density at radius 1 is 1.31 bits per heavy atom. The van der Waals surface area contributed by atoms with E-state index in [2.05, 4.69) is 11.8 Å². The lowest BCUT2D eigenvalue weighted by molar-refractivity contribution is 0.112. The molecule has 0 saturated carbocycles. The summed E-state index contributed by atoms with van der Waals surface area (Å²) in [4.78, 5) is 10.3. The Balaban J connectivity index is 2.71. The second-order valence-corrected chi connectivity index (χ2v) is 2.86. The van der Waals surface area contributed by atoms with E-state index in [-0.39, 0.29) is 0 Å². The van der Waals surface area contributed by atoms with Crippen molar-refractivity contribution in [2.75, 3.05) is 5.88 Å². The second-order valence-electron chi connectivity index (χ2n) is 2.48. The molecule has 1 aromatic rings. The topological polar surface area (TPSA) is 17.1 Å². The molecule has 1 nitrogen and oxygen atoms in total. The highest BCUT2D eigenvalue weighted by molar-refractivity contribution is 6.18. The fourth-order valence-electron chi connectivity index (χ4n) is 0.857. The summed E-state index contributed by atoms with van der Waals surface area (Å²) in [7, 11) is 0. The molecule has 0 atom stereocenters. The van der Waals surface area contributed by atoms with Gasteiger partial charge in [-0.2, -0.15) is 0 Å². The van der Waals surface area contributed by atoms with Gasteiger partial charge in [0.25, 0.3) is 0 Å². The summed E-state index contributed by atoms with van der Waals surface area (Å²) in [6.07, 6.45) is 1.51. The van der Waals surface area contributed by atoms with Gasteiger partial charge in [-0.15, -0.1) is 11.6 Å². The Hall–Kier alpha value is -1.26. The average molecular weight is 193 g/mol. The molecule has 0 spiro atoms. The second kappa shape index (κ2) is 5.40. The van der Waals surface area contributed by atoms with Crippen LogP contribution in [0.4, 0.5) is 0 Å². The molecular formula is C11H9ClO. The van der Waals surface area contributed by atoms with Crippen LogP contribution in [0.25, 0.3) is 0 Å². The summed E-state index contributed by atoms with van der Waals surface area (Å²) in [5.74, 6) is 6.42. The molecule has 0 bridgehead atoms. The Bertz CT molecular complexity index is 329. The normalized spacial score (nSPS) is 8.69. The summed E-state index contributed by atoms with van der Waals surface area (Å²) in [5.41, 5.74) is 1.58. The largest absolute Gasteiger partial charge is 0.298 e. The van der Waals surface area contributed by atoms with Gasteiger partial charge in [-0.3, -0.25) is 4.79 Å². The van der Waals surface area contributed by atoms with Crippen LogP contribution < -0.4 is 0 Å². The van der Waals surface area contributed by atoms with Gasteiger partial charge in [-0.1, -0.05) is 24.0 Å². The minimum atomic E-state index is 0.555. The first-order valence-electron chi connectivity index (χ1n) is 3.97. The average Bonchev–Trinajstić information content (AvgIpc) is 2.19. The van der Waals surface area contributed by atoms with E-state index < -0.39 is 0 Å². The highest BCUT2D eigenvalue weighted by atomic mass is 35.5. The third-order valence-corrected chi connectivity index (χ3v) is 1.69. The van der Waals surface area contributed by atoms with Crippen molar-refractivity contribution in [2.45, 2.75) is 6.42 Å². The molecule has 0 saturated heterocycles. The van der Waals surface area contributed by atoms with E-state index in [9.17, 15) is 4.79 Å². The van der Waals surface area contributed by atoms with Gasteiger partial charge in [-0.05, 0) is 12.1 Å². The van der Waals surface area contributed by atoms with Crippen LogP contribution in [0.5, 0.6) is 0 Å². The van der Waals surface area contributed by atoms with Gasteiger partial charge >= 0.3 is 0 Å². The van der Waals surface area contributed by atoms with E-state index in [1.54, 1.807) is 12.1 Å². The fraction of sp³-hybridized carbons (Fsp3) is 0.182. The molecule has 0 N–H and O–H groups in total. The summed E-state index contributed by atoms with van der Waals surface area (Å²) in [6, 6.07) is 7.14. The number of carbonyl (C=O) groups is 1. The summed E-state index contributed by atoms with van der Waals surface area (Å²) < 4.78 is 0. The van der Waals surface area contributed by atoms with Crippen LogP contribution in [0.2, 0.25) is 0 Å². The molecule has 0 fully saturated rings. The first-order chi connectivity index (χ1) is 6.36. The number of halogens is 1. The maximum Gasteiger partial charge on any atom is 0.150 e. The summed E-state index contributed by atoms with van der Waals surface area (Å²) >= 11 is 5.47. The van der Waals surface area contributed by atoms with Gasteiger partial charge < -0.3 is 0 Å². The third kappa shape index (κ3) is 3.31. The van der Waals surface area contributed by atoms with Gasteiger partial charge in [0.2, 0.25) is 0 Å². The molecule has 0 aliphatic carbocycles. The highest BCUT2D eigenvalue weighted by Gasteiger charge is 1.88. The van der Waals surface area contributed by atoms with Crippen molar-refractivity contribution in [3.05, 3.63) is 35.4 Å². The fourth-order valence-corrected chi connectivity index (χ4v) is 0.951. The third-order valence-electron chi connectivity index (χ3n) is 1.50. The van der Waals surface area contributed by atoms with E-state index in [1.807, 2.05) is 12.1 Å². The number of rotatable bonds is 2. The first-order valence-corrected chi connectivity index (χ1v) is 4.50. The number of hydrogen-bond acceptors (Lipinski definition) is 1. The zero-order chi connectivity index (χ0) is 9.52. The lowest BCUT2D eigenvalue weighted by Crippen LogP contribution is -1.79. The minimum Gasteiger partial charge on any atom is -0.298 e. The molecule has 1 rings (SSSR count). The van der Waals surface area contributed by atoms with Crippen molar-refractivity contribution >= 4 is 17.9 Å². The highest BCUT2D eigenvalue weighted by Crippen LogP contribution is 2.00. The quantitative estimate of drug-likeness (QED) is 0.400. The SMILES string of the molecule is O=Cc1ccc(C#CCCCl)cc1. The minimum absolute atomic E-state index is 0.555. The van der Waals surface area contributed by atoms with Crippen LogP contribution in [0, 0.1) is 11.8 Å². The molecule has 0 aromatic heterocycles. The maximum absolute atomic E-state index is 10.3. The van der Waals surface area contributed by atoms with E-state index >= 15 is 0 Å². The van der Waals surface area contributed by atoms with Gasteiger partial charge in [0.1, 0.15) is 6.29 Å². The molecule has 0 radical (unpaired) electrons. The molecule has 0 heterocycles. The van der Waals surface area contributed by atoms with Gasteiger partial charge in [0.05, 0.1) is 0 Å². The molecule has 2 heteroatoms. The van der Waals surface area contributed by atoms with Crippen molar-refractivity contribution in [1.29, 1.82) is 0 Å². The Kier molecular flexibility index (Phi) is 4.08. The van der Waals surface area contributed by atoms with E-state index in [0.717, 1.165) is 11.8 Å². The first kappa shape index (κ1) is 9.83. The zero-order valence-corrected chi connectivity index (χ0v) is 7.84. The Morgan fingerprint density at radius 3 is 2.54 bits per heavy atom. The number of benzene rings is 1. The smallest absolute Gasteiger partial charge is 0.150 e. The van der Waals surface area contributed by atoms with Crippen LogP contribution in [0.15, 0.2) is 24.3 Å². The standard InChI is InChI=1S/C11H9ClO/c12-8-2-1-3-10-4-6-11(9-13)7-5-10/h4-7,9H,2,8H2.